The van der Waals surface area contributed by atoms with E-state index in [1.165, 1.54) is 7.11 Å². The zero-order valence-corrected chi connectivity index (χ0v) is 11.9. The van der Waals surface area contributed by atoms with E-state index in [0.717, 1.165) is 17.2 Å². The van der Waals surface area contributed by atoms with Crippen LogP contribution in [0.25, 0.3) is 0 Å². The average Bonchev–Trinajstić information content (AvgIpc) is 2.95. The Labute approximate surface area is 110 Å². The third-order valence-corrected chi connectivity index (χ3v) is 5.42. The second-order valence-corrected chi connectivity index (χ2v) is 6.24. The SMILES string of the molecule is COC(=O)[C@@]1(N=C(SC)SC)C[C@H]2C=C[C@@H]1C2. The van der Waals surface area contributed by atoms with Gasteiger partial charge in [-0.15, -0.1) is 23.5 Å². The lowest BCUT2D eigenvalue weighted by atomic mass is 9.85. The van der Waals surface area contributed by atoms with E-state index in [1.807, 2.05) is 12.5 Å². The number of thioether (sulfide) groups is 2. The van der Waals surface area contributed by atoms with E-state index in [4.69, 9.17) is 9.73 Å². The van der Waals surface area contributed by atoms with E-state index in [1.54, 1.807) is 23.5 Å². The van der Waals surface area contributed by atoms with Gasteiger partial charge in [-0.3, -0.25) is 4.99 Å². The summed E-state index contributed by atoms with van der Waals surface area (Å²) in [6, 6.07) is 0. The molecule has 0 heterocycles. The maximum atomic E-state index is 12.1. The maximum absolute atomic E-state index is 12.1. The van der Waals surface area contributed by atoms with Crippen molar-refractivity contribution in [3.63, 3.8) is 0 Å². The number of methoxy groups -OCH3 is 1. The fourth-order valence-corrected chi connectivity index (χ4v) is 3.93. The van der Waals surface area contributed by atoms with Gasteiger partial charge >= 0.3 is 5.97 Å². The van der Waals surface area contributed by atoms with Crippen LogP contribution in [-0.2, 0) is 9.53 Å². The van der Waals surface area contributed by atoms with Gasteiger partial charge < -0.3 is 4.74 Å². The molecule has 94 valence electrons. The standard InChI is InChI=1S/C12H17NO2S2/c1-15-10(14)12(13-11(16-2)17-3)7-8-4-5-9(12)6-8/h4-5,8-9H,6-7H2,1-3H3/t8-,9+,12+/m0/s1. The van der Waals surface area contributed by atoms with Gasteiger partial charge in [-0.25, -0.2) is 4.79 Å². The first kappa shape index (κ1) is 13.0. The molecule has 0 aromatic carbocycles. The van der Waals surface area contributed by atoms with Crippen molar-refractivity contribution in [3.05, 3.63) is 12.2 Å². The predicted molar refractivity (Wildman–Crippen MR) is 74.6 cm³/mol. The number of rotatable bonds is 2. The Bertz CT molecular complexity index is 375. The van der Waals surface area contributed by atoms with Gasteiger partial charge in [0.1, 0.15) is 4.38 Å². The fourth-order valence-electron chi connectivity index (χ4n) is 2.75. The number of allylic oxidation sites excluding steroid dienone is 1. The van der Waals surface area contributed by atoms with Crippen LogP contribution in [0, 0.1) is 11.8 Å². The van der Waals surface area contributed by atoms with E-state index in [-0.39, 0.29) is 11.9 Å². The van der Waals surface area contributed by atoms with Crippen molar-refractivity contribution < 1.29 is 9.53 Å². The highest BCUT2D eigenvalue weighted by molar-refractivity contribution is 8.38. The molecule has 0 unspecified atom stereocenters. The molecule has 0 aromatic rings. The highest BCUT2D eigenvalue weighted by Gasteiger charge is 2.54. The van der Waals surface area contributed by atoms with Crippen LogP contribution in [0.15, 0.2) is 17.1 Å². The summed E-state index contributed by atoms with van der Waals surface area (Å²) in [6.45, 7) is 0. The molecule has 1 fully saturated rings. The van der Waals surface area contributed by atoms with Crippen molar-refractivity contribution in [3.8, 4) is 0 Å². The summed E-state index contributed by atoms with van der Waals surface area (Å²) in [5.74, 6) is 0.525. The Morgan fingerprint density at radius 3 is 2.53 bits per heavy atom. The Balaban J connectivity index is 2.36. The van der Waals surface area contributed by atoms with Gasteiger partial charge in [0.2, 0.25) is 0 Å². The minimum absolute atomic E-state index is 0.185. The molecule has 0 amide bonds. The van der Waals surface area contributed by atoms with Gasteiger partial charge in [-0.2, -0.15) is 0 Å². The van der Waals surface area contributed by atoms with E-state index >= 15 is 0 Å². The number of hydrogen-bond donors (Lipinski definition) is 0. The van der Waals surface area contributed by atoms with Crippen LogP contribution in [0.1, 0.15) is 12.8 Å². The smallest absolute Gasteiger partial charge is 0.334 e. The molecule has 2 aliphatic carbocycles. The van der Waals surface area contributed by atoms with Crippen molar-refractivity contribution in [2.24, 2.45) is 16.8 Å². The van der Waals surface area contributed by atoms with Crippen LogP contribution in [0.2, 0.25) is 0 Å². The molecule has 1 saturated carbocycles. The second-order valence-electron chi connectivity index (χ2n) is 4.39. The van der Waals surface area contributed by atoms with E-state index in [0.29, 0.717) is 5.92 Å². The van der Waals surface area contributed by atoms with Crippen LogP contribution >= 0.6 is 23.5 Å². The summed E-state index contributed by atoms with van der Waals surface area (Å²) in [5.41, 5.74) is -0.657. The normalized spacial score (nSPS) is 33.8. The Hall–Kier alpha value is -0.420. The lowest BCUT2D eigenvalue weighted by Gasteiger charge is -2.29. The predicted octanol–water partition coefficient (Wildman–Crippen LogP) is 2.58. The first-order valence-electron chi connectivity index (χ1n) is 5.61. The highest BCUT2D eigenvalue weighted by Crippen LogP contribution is 2.49. The highest BCUT2D eigenvalue weighted by atomic mass is 32.2. The van der Waals surface area contributed by atoms with Crippen LogP contribution in [0.3, 0.4) is 0 Å². The van der Waals surface area contributed by atoms with Gasteiger partial charge in [0.25, 0.3) is 0 Å². The zero-order valence-electron chi connectivity index (χ0n) is 10.3. The molecule has 5 heteroatoms. The lowest BCUT2D eigenvalue weighted by Crippen LogP contribution is -2.42. The summed E-state index contributed by atoms with van der Waals surface area (Å²) < 4.78 is 5.94. The zero-order chi connectivity index (χ0) is 12.5. The first-order valence-corrected chi connectivity index (χ1v) is 8.05. The average molecular weight is 271 g/mol. The molecular weight excluding hydrogens is 254 g/mol. The molecule has 0 aliphatic heterocycles. The van der Waals surface area contributed by atoms with Gasteiger partial charge in [-0.05, 0) is 31.3 Å². The minimum Gasteiger partial charge on any atom is -0.467 e. The second kappa shape index (κ2) is 5.06. The molecule has 3 nitrogen and oxygen atoms in total. The molecule has 0 aromatic heterocycles. The number of fused-ring (bicyclic) bond motifs is 2. The summed E-state index contributed by atoms with van der Waals surface area (Å²) in [6.07, 6.45) is 10.2. The summed E-state index contributed by atoms with van der Waals surface area (Å²) in [7, 11) is 1.45. The molecule has 2 bridgehead atoms. The van der Waals surface area contributed by atoms with Gasteiger partial charge in [-0.1, -0.05) is 12.2 Å². The third-order valence-electron chi connectivity index (χ3n) is 3.54. The number of carbonyl (C=O) groups is 1. The molecule has 0 saturated heterocycles. The molecule has 2 rings (SSSR count). The maximum Gasteiger partial charge on any atom is 0.334 e. The number of aliphatic imine (C=N–C) groups is 1. The van der Waals surface area contributed by atoms with Crippen molar-refractivity contribution in [2.75, 3.05) is 19.6 Å². The van der Waals surface area contributed by atoms with Crippen molar-refractivity contribution in [2.45, 2.75) is 18.4 Å². The molecular formula is C12H17NO2S2. The van der Waals surface area contributed by atoms with Crippen LogP contribution in [0.5, 0.6) is 0 Å². The number of nitrogens with zero attached hydrogens (tertiary/aromatic N) is 1. The fraction of sp³-hybridized carbons (Fsp3) is 0.667. The van der Waals surface area contributed by atoms with E-state index in [9.17, 15) is 4.79 Å². The van der Waals surface area contributed by atoms with E-state index in [2.05, 4.69) is 12.2 Å². The largest absolute Gasteiger partial charge is 0.467 e. The number of ether oxygens (including phenoxy) is 1. The van der Waals surface area contributed by atoms with E-state index < -0.39 is 5.54 Å². The molecule has 17 heavy (non-hydrogen) atoms. The molecule has 3 atom stereocenters. The summed E-state index contributed by atoms with van der Waals surface area (Å²) in [5, 5.41) is 0. The topological polar surface area (TPSA) is 38.7 Å². The molecule has 0 radical (unpaired) electrons. The molecule has 2 aliphatic rings. The lowest BCUT2D eigenvalue weighted by molar-refractivity contribution is -0.147. The Kier molecular flexibility index (Phi) is 3.88. The number of hydrogen-bond acceptors (Lipinski definition) is 5. The van der Waals surface area contributed by atoms with Gasteiger partial charge in [0, 0.05) is 5.92 Å². The minimum atomic E-state index is -0.657. The molecule has 0 spiro atoms. The third kappa shape index (κ3) is 2.15. The monoisotopic (exact) mass is 271 g/mol. The summed E-state index contributed by atoms with van der Waals surface area (Å²) in [4.78, 5) is 16.8. The van der Waals surface area contributed by atoms with Crippen LogP contribution < -0.4 is 0 Å². The van der Waals surface area contributed by atoms with Crippen molar-refractivity contribution in [1.29, 1.82) is 0 Å². The Morgan fingerprint density at radius 2 is 2.12 bits per heavy atom. The Morgan fingerprint density at radius 1 is 1.41 bits per heavy atom. The first-order chi connectivity index (χ1) is 8.16. The van der Waals surface area contributed by atoms with Gasteiger partial charge in [0.15, 0.2) is 5.54 Å². The number of esters is 1. The van der Waals surface area contributed by atoms with Crippen molar-refractivity contribution >= 4 is 33.9 Å². The quantitative estimate of drug-likeness (QED) is 0.335. The van der Waals surface area contributed by atoms with Crippen molar-refractivity contribution in [1.82, 2.24) is 0 Å². The van der Waals surface area contributed by atoms with Gasteiger partial charge in [0.05, 0.1) is 7.11 Å². The van der Waals surface area contributed by atoms with Crippen LogP contribution in [0.4, 0.5) is 0 Å². The molecule has 0 N–H and O–H groups in total. The summed E-state index contributed by atoms with van der Waals surface area (Å²) >= 11 is 3.18. The van der Waals surface area contributed by atoms with Crippen LogP contribution in [-0.4, -0.2) is 35.5 Å². The number of carbonyl (C=O) groups excluding carboxylic acids is 1.